The molecule has 0 saturated carbocycles. The molecule has 1 heterocycles. The normalized spacial score (nSPS) is 11.8. The first-order chi connectivity index (χ1) is 14.2. The molecule has 0 saturated heterocycles. The summed E-state index contributed by atoms with van der Waals surface area (Å²) in [5.74, 6) is 1.64. The van der Waals surface area contributed by atoms with E-state index in [0.717, 1.165) is 24.3 Å². The Morgan fingerprint density at radius 2 is 1.79 bits per heavy atom. The number of nitriles is 1. The van der Waals surface area contributed by atoms with Gasteiger partial charge in [0.15, 0.2) is 6.19 Å². The summed E-state index contributed by atoms with van der Waals surface area (Å²) in [6, 6.07) is 4.27. The van der Waals surface area contributed by atoms with Crippen molar-refractivity contribution in [2.24, 2.45) is 4.99 Å². The highest BCUT2D eigenvalue weighted by Crippen LogP contribution is 2.08. The third-order valence-electron chi connectivity index (χ3n) is 4.05. The van der Waals surface area contributed by atoms with Gasteiger partial charge < -0.3 is 5.32 Å². The van der Waals surface area contributed by atoms with E-state index in [2.05, 4.69) is 53.0 Å². The molecule has 1 rings (SSSR count). The van der Waals surface area contributed by atoms with Gasteiger partial charge in [-0.25, -0.2) is 0 Å². The lowest BCUT2D eigenvalue weighted by molar-refractivity contribution is 0.616. The van der Waals surface area contributed by atoms with Gasteiger partial charge in [-0.05, 0) is 38.3 Å². The van der Waals surface area contributed by atoms with Gasteiger partial charge in [-0.3, -0.25) is 20.0 Å². The van der Waals surface area contributed by atoms with E-state index in [1.54, 1.807) is 12.4 Å². The molecule has 0 aliphatic heterocycles. The molecule has 29 heavy (non-hydrogen) atoms. The van der Waals surface area contributed by atoms with E-state index in [4.69, 9.17) is 5.26 Å². The number of rotatable bonds is 13. The number of nitrogens with one attached hydrogen (secondary N) is 3. The van der Waals surface area contributed by atoms with Crippen LogP contribution in [0.4, 0.5) is 5.69 Å². The molecule has 1 aromatic heterocycles. The van der Waals surface area contributed by atoms with E-state index in [-0.39, 0.29) is 0 Å². The molecule has 0 aliphatic carbocycles. The topological polar surface area (TPSA) is 85.1 Å². The highest BCUT2D eigenvalue weighted by molar-refractivity contribution is 7.97. The third kappa shape index (κ3) is 18.0. The Hall–Kier alpha value is -1.78. The maximum atomic E-state index is 8.81. The molecule has 0 amide bonds. The molecule has 1 unspecified atom stereocenters. The lowest BCUT2D eigenvalue weighted by atomic mass is 10.2. The Morgan fingerprint density at radius 1 is 1.10 bits per heavy atom. The smallest absolute Gasteiger partial charge is 0.209 e. The van der Waals surface area contributed by atoms with Crippen molar-refractivity contribution in [3.05, 3.63) is 24.5 Å². The first-order valence-corrected chi connectivity index (χ1v) is 11.9. The zero-order valence-corrected chi connectivity index (χ0v) is 19.5. The van der Waals surface area contributed by atoms with E-state index in [9.17, 15) is 0 Å². The SMILES string of the molecule is CCCC.CCCC(C)NSCCCCCCN=C(NC#N)Nc1ccncc1. The lowest BCUT2D eigenvalue weighted by Gasteiger charge is -2.11. The minimum atomic E-state index is 0.485. The monoisotopic (exact) mass is 420 g/mol. The summed E-state index contributed by atoms with van der Waals surface area (Å²) in [5, 5.41) is 14.5. The van der Waals surface area contributed by atoms with Gasteiger partial charge in [-0.15, -0.1) is 0 Å². The zero-order chi connectivity index (χ0) is 21.6. The van der Waals surface area contributed by atoms with Crippen LogP contribution in [0.3, 0.4) is 0 Å². The van der Waals surface area contributed by atoms with Crippen LogP contribution in [-0.4, -0.2) is 29.3 Å². The van der Waals surface area contributed by atoms with Crippen molar-refractivity contribution in [2.45, 2.75) is 85.1 Å². The fraction of sp³-hybridized carbons (Fsp3) is 0.682. The molecular formula is C22H40N6S. The lowest BCUT2D eigenvalue weighted by Crippen LogP contribution is -2.27. The van der Waals surface area contributed by atoms with E-state index in [1.165, 1.54) is 38.5 Å². The second kappa shape index (κ2) is 20.9. The van der Waals surface area contributed by atoms with E-state index in [0.29, 0.717) is 18.5 Å². The summed E-state index contributed by atoms with van der Waals surface area (Å²) in [7, 11) is 0. The molecular weight excluding hydrogens is 380 g/mol. The van der Waals surface area contributed by atoms with Gasteiger partial charge in [-0.1, -0.05) is 64.8 Å². The molecule has 3 N–H and O–H groups in total. The quantitative estimate of drug-likeness (QED) is 0.0946. The predicted octanol–water partition coefficient (Wildman–Crippen LogP) is 5.71. The van der Waals surface area contributed by atoms with E-state index in [1.807, 2.05) is 30.3 Å². The van der Waals surface area contributed by atoms with Crippen molar-refractivity contribution < 1.29 is 0 Å². The number of hydrogen-bond acceptors (Lipinski definition) is 5. The molecule has 0 radical (unpaired) electrons. The van der Waals surface area contributed by atoms with Gasteiger partial charge in [0.25, 0.3) is 0 Å². The number of unbranched alkanes of at least 4 members (excludes halogenated alkanes) is 4. The average Bonchev–Trinajstić information content (AvgIpc) is 2.73. The molecule has 0 spiro atoms. The molecule has 0 bridgehead atoms. The molecule has 0 fully saturated rings. The first kappa shape index (κ1) is 27.2. The fourth-order valence-corrected chi connectivity index (χ4v) is 3.13. The average molecular weight is 421 g/mol. The van der Waals surface area contributed by atoms with Crippen LogP contribution in [-0.2, 0) is 0 Å². The highest BCUT2D eigenvalue weighted by atomic mass is 32.2. The Bertz CT molecular complexity index is 542. The van der Waals surface area contributed by atoms with Crippen LogP contribution >= 0.6 is 11.9 Å². The largest absolute Gasteiger partial charge is 0.325 e. The minimum Gasteiger partial charge on any atom is -0.325 e. The first-order valence-electron chi connectivity index (χ1n) is 10.9. The Balaban J connectivity index is 0.00000178. The maximum Gasteiger partial charge on any atom is 0.209 e. The van der Waals surface area contributed by atoms with Gasteiger partial charge in [0.05, 0.1) is 0 Å². The second-order valence-electron chi connectivity index (χ2n) is 6.90. The van der Waals surface area contributed by atoms with E-state index >= 15 is 0 Å². The van der Waals surface area contributed by atoms with Crippen molar-refractivity contribution in [3.63, 3.8) is 0 Å². The molecule has 6 nitrogen and oxygen atoms in total. The number of pyridine rings is 1. The molecule has 1 atom stereocenters. The summed E-state index contributed by atoms with van der Waals surface area (Å²) < 4.78 is 3.48. The highest BCUT2D eigenvalue weighted by Gasteiger charge is 2.00. The van der Waals surface area contributed by atoms with Crippen molar-refractivity contribution in [1.82, 2.24) is 15.0 Å². The number of aromatic nitrogens is 1. The van der Waals surface area contributed by atoms with E-state index < -0.39 is 0 Å². The van der Waals surface area contributed by atoms with Gasteiger partial charge >= 0.3 is 0 Å². The third-order valence-corrected chi connectivity index (χ3v) is 5.11. The van der Waals surface area contributed by atoms with Crippen LogP contribution in [0, 0.1) is 11.5 Å². The van der Waals surface area contributed by atoms with Crippen LogP contribution in [0.2, 0.25) is 0 Å². The second-order valence-corrected chi connectivity index (χ2v) is 7.83. The summed E-state index contributed by atoms with van der Waals surface area (Å²) in [4.78, 5) is 8.38. The molecule has 7 heteroatoms. The number of anilines is 1. The number of nitrogens with zero attached hydrogens (tertiary/aromatic N) is 3. The summed E-state index contributed by atoms with van der Waals surface area (Å²) in [6.07, 6.45) is 15.0. The number of guanidine groups is 1. The maximum absolute atomic E-state index is 8.81. The van der Waals surface area contributed by atoms with Crippen molar-refractivity contribution in [2.75, 3.05) is 17.6 Å². The number of hydrogen-bond donors (Lipinski definition) is 3. The van der Waals surface area contributed by atoms with Crippen LogP contribution in [0.5, 0.6) is 0 Å². The van der Waals surface area contributed by atoms with Crippen LogP contribution in [0.15, 0.2) is 29.5 Å². The van der Waals surface area contributed by atoms with Crippen LogP contribution < -0.4 is 15.4 Å². The standard InChI is InChI=1S/C18H30N6S.C4H10/c1-3-8-16(2)24-25-14-7-5-4-6-11-21-18(22-15-19)23-17-9-12-20-13-10-17;1-3-4-2/h9-10,12-13,16,24H,3-8,11,14H2,1-2H3,(H2,20,21,22,23);3-4H2,1-2H3. The van der Waals surface area contributed by atoms with Gasteiger partial charge in [-0.2, -0.15) is 5.26 Å². The predicted molar refractivity (Wildman–Crippen MR) is 128 cm³/mol. The summed E-state index contributed by atoms with van der Waals surface area (Å²) in [5.41, 5.74) is 0.860. The Morgan fingerprint density at radius 3 is 2.41 bits per heavy atom. The fourth-order valence-electron chi connectivity index (χ4n) is 2.26. The van der Waals surface area contributed by atoms with Crippen molar-refractivity contribution in [3.8, 4) is 6.19 Å². The van der Waals surface area contributed by atoms with Crippen molar-refractivity contribution >= 4 is 23.6 Å². The molecule has 0 aromatic carbocycles. The zero-order valence-electron chi connectivity index (χ0n) is 18.7. The van der Waals surface area contributed by atoms with Crippen molar-refractivity contribution in [1.29, 1.82) is 5.26 Å². The van der Waals surface area contributed by atoms with Gasteiger partial charge in [0.2, 0.25) is 5.96 Å². The summed E-state index contributed by atoms with van der Waals surface area (Å²) >= 11 is 1.84. The van der Waals surface area contributed by atoms with Gasteiger partial charge in [0.1, 0.15) is 0 Å². The molecule has 0 aliphatic rings. The van der Waals surface area contributed by atoms with Crippen LogP contribution in [0.1, 0.15) is 79.1 Å². The molecule has 1 aromatic rings. The summed E-state index contributed by atoms with van der Waals surface area (Å²) in [6.45, 7) is 9.53. The Labute approximate surface area is 182 Å². The Kier molecular flexibility index (Phi) is 19.7. The molecule has 164 valence electrons. The number of aliphatic imine (C=N–C) groups is 1. The minimum absolute atomic E-state index is 0.485. The van der Waals surface area contributed by atoms with Crippen LogP contribution in [0.25, 0.3) is 0 Å². The van der Waals surface area contributed by atoms with Gasteiger partial charge in [0, 0.05) is 36.4 Å².